The molecule has 0 saturated carbocycles. The number of carbonyl (C=O) groups is 2. The van der Waals surface area contributed by atoms with Gasteiger partial charge in [-0.1, -0.05) is 18.2 Å². The van der Waals surface area contributed by atoms with Gasteiger partial charge in [-0.25, -0.2) is 9.59 Å². The highest BCUT2D eigenvalue weighted by Crippen LogP contribution is 2.32. The van der Waals surface area contributed by atoms with Crippen LogP contribution in [0.15, 0.2) is 72.4 Å². The van der Waals surface area contributed by atoms with Gasteiger partial charge in [-0.3, -0.25) is 4.98 Å². The van der Waals surface area contributed by atoms with E-state index in [0.717, 1.165) is 16.5 Å². The van der Waals surface area contributed by atoms with Gasteiger partial charge in [-0.15, -0.1) is 0 Å². The summed E-state index contributed by atoms with van der Waals surface area (Å²) in [7, 11) is 2.54. The summed E-state index contributed by atoms with van der Waals surface area (Å²) in [6, 6.07) is 7.49. The molecule has 1 aromatic carbocycles. The van der Waals surface area contributed by atoms with Crippen LogP contribution in [0, 0.1) is 0 Å². The molecule has 1 aliphatic rings. The summed E-state index contributed by atoms with van der Waals surface area (Å²) in [5.74, 6) is -1.25. The third kappa shape index (κ3) is 3.01. The molecule has 2 heterocycles. The summed E-state index contributed by atoms with van der Waals surface area (Å²) in [5.41, 5.74) is 0.927. The van der Waals surface area contributed by atoms with Crippen LogP contribution < -0.4 is 4.90 Å². The van der Waals surface area contributed by atoms with Gasteiger partial charge in [-0.2, -0.15) is 0 Å². The second kappa shape index (κ2) is 7.00. The third-order valence-corrected chi connectivity index (χ3v) is 3.81. The monoisotopic (exact) mass is 336 g/mol. The number of fused-ring (bicyclic) bond motifs is 1. The van der Waals surface area contributed by atoms with Gasteiger partial charge in [0.15, 0.2) is 0 Å². The lowest BCUT2D eigenvalue weighted by Gasteiger charge is -2.24. The first-order valence-electron chi connectivity index (χ1n) is 7.55. The Kier molecular flexibility index (Phi) is 4.61. The molecule has 0 bridgehead atoms. The molecule has 0 amide bonds. The van der Waals surface area contributed by atoms with Crippen molar-refractivity contribution in [1.29, 1.82) is 0 Å². The fraction of sp³-hybridized carbons (Fsp3) is 0.105. The van der Waals surface area contributed by atoms with Gasteiger partial charge >= 0.3 is 11.9 Å². The number of methoxy groups -OCH3 is 2. The number of rotatable bonds is 3. The minimum absolute atomic E-state index is 0.0867. The molecular weight excluding hydrogens is 320 g/mol. The topological polar surface area (TPSA) is 68.7 Å². The van der Waals surface area contributed by atoms with Crippen molar-refractivity contribution in [2.24, 2.45) is 0 Å². The van der Waals surface area contributed by atoms with Crippen molar-refractivity contribution in [1.82, 2.24) is 4.98 Å². The number of ether oxygens (including phenoxy) is 2. The number of nitrogens with zero attached hydrogens (tertiary/aromatic N) is 2. The molecule has 6 heteroatoms. The highest BCUT2D eigenvalue weighted by Gasteiger charge is 2.28. The molecule has 1 aromatic heterocycles. The number of carbonyl (C=O) groups excluding carboxylic acids is 2. The number of hydrogen-bond donors (Lipinski definition) is 0. The van der Waals surface area contributed by atoms with Crippen LogP contribution in [0.1, 0.15) is 0 Å². The maximum atomic E-state index is 12.5. The molecule has 0 unspecified atom stereocenters. The minimum Gasteiger partial charge on any atom is -0.465 e. The molecule has 126 valence electrons. The number of allylic oxidation sites excluding steroid dienone is 2. The number of aromatic nitrogens is 1. The van der Waals surface area contributed by atoms with Gasteiger partial charge in [0.2, 0.25) is 0 Å². The molecule has 1 aliphatic heterocycles. The smallest absolute Gasteiger partial charge is 0.355 e. The van der Waals surface area contributed by atoms with Crippen LogP contribution in [0.5, 0.6) is 0 Å². The summed E-state index contributed by atoms with van der Waals surface area (Å²) in [6.45, 7) is 0. The standard InChI is InChI=1S/C19H16N2O4/c1-24-18(22)15-7-3-4-11-21(17(15)19(23)25-2)16-8-5-6-13-12-20-10-9-14(13)16/h3-12H,1-2H3. The third-order valence-electron chi connectivity index (χ3n) is 3.81. The lowest BCUT2D eigenvalue weighted by atomic mass is 10.1. The molecule has 0 aliphatic carbocycles. The highest BCUT2D eigenvalue weighted by atomic mass is 16.5. The predicted molar refractivity (Wildman–Crippen MR) is 93.6 cm³/mol. The fourth-order valence-electron chi connectivity index (χ4n) is 2.67. The Morgan fingerprint density at radius 3 is 2.60 bits per heavy atom. The van der Waals surface area contributed by atoms with E-state index >= 15 is 0 Å². The molecule has 3 rings (SSSR count). The van der Waals surface area contributed by atoms with Crippen molar-refractivity contribution in [3.8, 4) is 0 Å². The summed E-state index contributed by atoms with van der Waals surface area (Å²) < 4.78 is 9.73. The quantitative estimate of drug-likeness (QED) is 0.803. The zero-order valence-corrected chi connectivity index (χ0v) is 13.8. The van der Waals surface area contributed by atoms with Crippen molar-refractivity contribution in [3.63, 3.8) is 0 Å². The van der Waals surface area contributed by atoms with Gasteiger partial charge < -0.3 is 14.4 Å². The first kappa shape index (κ1) is 16.4. The molecule has 0 radical (unpaired) electrons. The molecule has 25 heavy (non-hydrogen) atoms. The van der Waals surface area contributed by atoms with Crippen LogP contribution in [0.25, 0.3) is 10.8 Å². The number of esters is 2. The first-order chi connectivity index (χ1) is 12.2. The molecule has 0 atom stereocenters. The van der Waals surface area contributed by atoms with Crippen LogP contribution in [0.3, 0.4) is 0 Å². The first-order valence-corrected chi connectivity index (χ1v) is 7.55. The Balaban J connectivity index is 2.28. The van der Waals surface area contributed by atoms with Crippen molar-refractivity contribution in [2.75, 3.05) is 19.1 Å². The van der Waals surface area contributed by atoms with E-state index in [2.05, 4.69) is 4.98 Å². The molecular formula is C19H16N2O4. The van der Waals surface area contributed by atoms with Crippen LogP contribution in [0.4, 0.5) is 5.69 Å². The molecule has 2 aromatic rings. The summed E-state index contributed by atoms with van der Waals surface area (Å²) in [4.78, 5) is 30.4. The van der Waals surface area contributed by atoms with E-state index in [1.54, 1.807) is 35.6 Å². The molecule has 0 saturated heterocycles. The number of anilines is 1. The van der Waals surface area contributed by atoms with Crippen molar-refractivity contribution in [2.45, 2.75) is 0 Å². The zero-order valence-electron chi connectivity index (χ0n) is 13.8. The van der Waals surface area contributed by atoms with E-state index in [1.165, 1.54) is 20.3 Å². The van der Waals surface area contributed by atoms with Gasteiger partial charge in [0.25, 0.3) is 0 Å². The van der Waals surface area contributed by atoms with E-state index in [1.807, 2.05) is 24.3 Å². The average Bonchev–Trinajstić information content (AvgIpc) is 2.89. The largest absolute Gasteiger partial charge is 0.465 e. The van der Waals surface area contributed by atoms with E-state index in [4.69, 9.17) is 9.47 Å². The lowest BCUT2D eigenvalue weighted by molar-refractivity contribution is -0.139. The average molecular weight is 336 g/mol. The number of hydrogen-bond acceptors (Lipinski definition) is 6. The van der Waals surface area contributed by atoms with Crippen molar-refractivity contribution in [3.05, 3.63) is 72.4 Å². The number of benzene rings is 1. The number of pyridine rings is 1. The fourth-order valence-corrected chi connectivity index (χ4v) is 2.67. The Labute approximate surface area is 144 Å². The lowest BCUT2D eigenvalue weighted by Crippen LogP contribution is -2.27. The Morgan fingerprint density at radius 1 is 1.04 bits per heavy atom. The maximum absolute atomic E-state index is 12.5. The van der Waals surface area contributed by atoms with E-state index in [-0.39, 0.29) is 11.3 Å². The van der Waals surface area contributed by atoms with Crippen LogP contribution in [-0.4, -0.2) is 31.1 Å². The van der Waals surface area contributed by atoms with Crippen molar-refractivity contribution < 1.29 is 19.1 Å². The normalized spacial score (nSPS) is 13.8. The van der Waals surface area contributed by atoms with Gasteiger partial charge in [-0.05, 0) is 24.3 Å². The van der Waals surface area contributed by atoms with Gasteiger partial charge in [0.1, 0.15) is 5.70 Å². The van der Waals surface area contributed by atoms with Gasteiger partial charge in [0, 0.05) is 29.4 Å². The Bertz CT molecular complexity index is 923. The Morgan fingerprint density at radius 2 is 1.84 bits per heavy atom. The molecule has 0 fully saturated rings. The van der Waals surface area contributed by atoms with Crippen LogP contribution >= 0.6 is 0 Å². The van der Waals surface area contributed by atoms with Crippen LogP contribution in [-0.2, 0) is 19.1 Å². The Hall–Kier alpha value is -3.41. The highest BCUT2D eigenvalue weighted by molar-refractivity contribution is 6.07. The van der Waals surface area contributed by atoms with E-state index in [9.17, 15) is 9.59 Å². The van der Waals surface area contributed by atoms with Gasteiger partial charge in [0.05, 0.1) is 25.5 Å². The second-order valence-electron chi connectivity index (χ2n) is 5.19. The van der Waals surface area contributed by atoms with E-state index < -0.39 is 11.9 Å². The molecule has 0 spiro atoms. The minimum atomic E-state index is -0.636. The summed E-state index contributed by atoms with van der Waals surface area (Å²) in [5, 5.41) is 1.80. The predicted octanol–water partition coefficient (Wildman–Crippen LogP) is 2.72. The van der Waals surface area contributed by atoms with Crippen molar-refractivity contribution >= 4 is 28.4 Å². The maximum Gasteiger partial charge on any atom is 0.355 e. The zero-order chi connectivity index (χ0) is 17.8. The summed E-state index contributed by atoms with van der Waals surface area (Å²) >= 11 is 0. The summed E-state index contributed by atoms with van der Waals surface area (Å²) in [6.07, 6.45) is 10.0. The second-order valence-corrected chi connectivity index (χ2v) is 5.19. The molecule has 6 nitrogen and oxygen atoms in total. The molecule has 0 N–H and O–H groups in total. The SMILES string of the molecule is COC(=O)C1=C(C(=O)OC)N(c2cccc3cnccc23)C=CC=C1. The van der Waals surface area contributed by atoms with E-state index in [0.29, 0.717) is 0 Å². The van der Waals surface area contributed by atoms with Crippen LogP contribution in [0.2, 0.25) is 0 Å².